The summed E-state index contributed by atoms with van der Waals surface area (Å²) in [7, 11) is 0. The van der Waals surface area contributed by atoms with Crippen LogP contribution in [0.5, 0.6) is 0 Å². The topological polar surface area (TPSA) is 69.9 Å². The van der Waals surface area contributed by atoms with Gasteiger partial charge in [0.25, 0.3) is 0 Å². The van der Waals surface area contributed by atoms with Crippen molar-refractivity contribution < 1.29 is 14.1 Å². The maximum Gasteiger partial charge on any atom is 0.228 e. The number of benzene rings is 1. The molecule has 0 bridgehead atoms. The zero-order valence-corrected chi connectivity index (χ0v) is 17.4. The second-order valence-electron chi connectivity index (χ2n) is 8.16. The fourth-order valence-electron chi connectivity index (χ4n) is 4.23. The minimum absolute atomic E-state index is 0.0383. The molecule has 0 saturated carbocycles. The summed E-state index contributed by atoms with van der Waals surface area (Å²) in [6.07, 6.45) is 0.295. The number of aryl methyl sites for hydroxylation is 2. The molecule has 2 fully saturated rings. The van der Waals surface area contributed by atoms with E-state index in [-0.39, 0.29) is 17.7 Å². The van der Waals surface area contributed by atoms with Crippen molar-refractivity contribution in [2.45, 2.75) is 33.7 Å². The highest BCUT2D eigenvalue weighted by atomic mass is 16.5. The molecule has 0 spiro atoms. The predicted molar refractivity (Wildman–Crippen MR) is 109 cm³/mol. The van der Waals surface area contributed by atoms with Crippen molar-refractivity contribution in [2.24, 2.45) is 5.92 Å². The number of amides is 2. The van der Waals surface area contributed by atoms with Gasteiger partial charge in [-0.05, 0) is 38.0 Å². The van der Waals surface area contributed by atoms with Gasteiger partial charge in [-0.3, -0.25) is 14.5 Å². The van der Waals surface area contributed by atoms with Gasteiger partial charge in [0.1, 0.15) is 0 Å². The number of aromatic nitrogens is 1. The highest BCUT2D eigenvalue weighted by Gasteiger charge is 2.38. The SMILES string of the molecule is Cc1cc(CN2CCN(C(=O)C3CC(=O)N(c4cccc(C)c4C)C3)CC2)on1. The molecule has 0 radical (unpaired) electrons. The second kappa shape index (κ2) is 7.99. The Morgan fingerprint density at radius 3 is 2.62 bits per heavy atom. The van der Waals surface area contributed by atoms with Gasteiger partial charge in [0.15, 0.2) is 5.76 Å². The van der Waals surface area contributed by atoms with Crippen molar-refractivity contribution in [1.29, 1.82) is 0 Å². The lowest BCUT2D eigenvalue weighted by molar-refractivity contribution is -0.137. The van der Waals surface area contributed by atoms with Crippen LogP contribution in [0.4, 0.5) is 5.69 Å². The number of carbonyl (C=O) groups is 2. The molecule has 7 nitrogen and oxygen atoms in total. The maximum absolute atomic E-state index is 13.0. The van der Waals surface area contributed by atoms with Crippen LogP contribution in [0.1, 0.15) is 29.0 Å². The van der Waals surface area contributed by atoms with Crippen molar-refractivity contribution in [2.75, 3.05) is 37.6 Å². The smallest absolute Gasteiger partial charge is 0.228 e. The molecule has 7 heteroatoms. The molecule has 2 amide bonds. The van der Waals surface area contributed by atoms with Crippen molar-refractivity contribution in [3.8, 4) is 0 Å². The molecular weight excluding hydrogens is 368 g/mol. The predicted octanol–water partition coefficient (Wildman–Crippen LogP) is 2.30. The van der Waals surface area contributed by atoms with Gasteiger partial charge in [-0.2, -0.15) is 0 Å². The van der Waals surface area contributed by atoms with Gasteiger partial charge in [0.05, 0.1) is 18.2 Å². The van der Waals surface area contributed by atoms with E-state index in [0.717, 1.165) is 41.4 Å². The molecule has 0 N–H and O–H groups in total. The van der Waals surface area contributed by atoms with Gasteiger partial charge in [-0.1, -0.05) is 17.3 Å². The van der Waals surface area contributed by atoms with Crippen molar-refractivity contribution in [1.82, 2.24) is 15.0 Å². The lowest BCUT2D eigenvalue weighted by Crippen LogP contribution is -2.50. The van der Waals surface area contributed by atoms with Gasteiger partial charge in [0, 0.05) is 50.9 Å². The third kappa shape index (κ3) is 4.05. The summed E-state index contributed by atoms with van der Waals surface area (Å²) in [5.74, 6) is 0.733. The Labute approximate surface area is 171 Å². The molecule has 29 heavy (non-hydrogen) atoms. The van der Waals surface area contributed by atoms with Crippen LogP contribution in [-0.4, -0.2) is 59.5 Å². The summed E-state index contributed by atoms with van der Waals surface area (Å²) < 4.78 is 5.29. The summed E-state index contributed by atoms with van der Waals surface area (Å²) >= 11 is 0. The summed E-state index contributed by atoms with van der Waals surface area (Å²) in [5, 5.41) is 3.93. The van der Waals surface area contributed by atoms with Gasteiger partial charge in [-0.25, -0.2) is 0 Å². The van der Waals surface area contributed by atoms with Crippen LogP contribution in [0.15, 0.2) is 28.8 Å². The molecule has 4 rings (SSSR count). The van der Waals surface area contributed by atoms with E-state index >= 15 is 0 Å². The van der Waals surface area contributed by atoms with Crippen molar-refractivity contribution in [3.05, 3.63) is 46.8 Å². The lowest BCUT2D eigenvalue weighted by Gasteiger charge is -2.35. The molecule has 3 heterocycles. The molecule has 2 saturated heterocycles. The van der Waals surface area contributed by atoms with Gasteiger partial charge >= 0.3 is 0 Å². The Morgan fingerprint density at radius 2 is 1.93 bits per heavy atom. The van der Waals surface area contributed by atoms with Crippen LogP contribution < -0.4 is 4.90 Å². The number of piperazine rings is 1. The summed E-state index contributed by atoms with van der Waals surface area (Å²) in [6.45, 7) is 10.1. The first-order chi connectivity index (χ1) is 13.9. The minimum atomic E-state index is -0.258. The Bertz CT molecular complexity index is 915. The van der Waals surface area contributed by atoms with E-state index in [1.165, 1.54) is 0 Å². The van der Waals surface area contributed by atoms with Crippen LogP contribution in [0, 0.1) is 26.7 Å². The molecule has 2 aliphatic heterocycles. The molecule has 0 aliphatic carbocycles. The standard InChI is InChI=1S/C22H28N4O3/c1-15-5-4-6-20(17(15)3)26-13-18(12-21(26)27)22(28)25-9-7-24(8-10-25)14-19-11-16(2)23-29-19/h4-6,11,18H,7-10,12-14H2,1-3H3. The summed E-state index contributed by atoms with van der Waals surface area (Å²) in [5.41, 5.74) is 4.07. The molecule has 2 aliphatic rings. The quantitative estimate of drug-likeness (QED) is 0.793. The van der Waals surface area contributed by atoms with E-state index in [0.29, 0.717) is 32.6 Å². The van der Waals surface area contributed by atoms with E-state index < -0.39 is 0 Å². The average molecular weight is 396 g/mol. The van der Waals surface area contributed by atoms with E-state index in [4.69, 9.17) is 4.52 Å². The van der Waals surface area contributed by atoms with E-state index in [9.17, 15) is 9.59 Å². The average Bonchev–Trinajstić information content (AvgIpc) is 3.29. The normalized spacial score (nSPS) is 20.5. The number of hydrogen-bond donors (Lipinski definition) is 0. The van der Waals surface area contributed by atoms with Crippen LogP contribution in [0.2, 0.25) is 0 Å². The van der Waals surface area contributed by atoms with E-state index in [2.05, 4.69) is 10.1 Å². The van der Waals surface area contributed by atoms with Gasteiger partial charge in [0.2, 0.25) is 11.8 Å². The Kier molecular flexibility index (Phi) is 5.41. The molecule has 1 unspecified atom stereocenters. The zero-order chi connectivity index (χ0) is 20.5. The molecule has 2 aromatic rings. The van der Waals surface area contributed by atoms with Gasteiger partial charge < -0.3 is 14.3 Å². The minimum Gasteiger partial charge on any atom is -0.360 e. The number of carbonyl (C=O) groups excluding carboxylic acids is 2. The number of rotatable bonds is 4. The second-order valence-corrected chi connectivity index (χ2v) is 8.16. The molecule has 154 valence electrons. The summed E-state index contributed by atoms with van der Waals surface area (Å²) in [4.78, 5) is 31.6. The highest BCUT2D eigenvalue weighted by molar-refractivity contribution is 6.01. The maximum atomic E-state index is 13.0. The molecule has 1 atom stereocenters. The molecule has 1 aromatic carbocycles. The fourth-order valence-corrected chi connectivity index (χ4v) is 4.23. The number of hydrogen-bond acceptors (Lipinski definition) is 5. The Morgan fingerprint density at radius 1 is 1.17 bits per heavy atom. The van der Waals surface area contributed by atoms with Crippen LogP contribution >= 0.6 is 0 Å². The molecular formula is C22H28N4O3. The van der Waals surface area contributed by atoms with Gasteiger partial charge in [-0.15, -0.1) is 0 Å². The first-order valence-corrected chi connectivity index (χ1v) is 10.2. The molecule has 1 aromatic heterocycles. The van der Waals surface area contributed by atoms with Crippen LogP contribution in [-0.2, 0) is 16.1 Å². The zero-order valence-electron chi connectivity index (χ0n) is 17.4. The van der Waals surface area contributed by atoms with Crippen molar-refractivity contribution in [3.63, 3.8) is 0 Å². The Hall–Kier alpha value is -2.67. The monoisotopic (exact) mass is 396 g/mol. The van der Waals surface area contributed by atoms with E-state index in [1.807, 2.05) is 49.9 Å². The van der Waals surface area contributed by atoms with Crippen molar-refractivity contribution >= 4 is 17.5 Å². The third-order valence-electron chi connectivity index (χ3n) is 6.08. The number of nitrogens with zero attached hydrogens (tertiary/aromatic N) is 4. The summed E-state index contributed by atoms with van der Waals surface area (Å²) in [6, 6.07) is 7.93. The van der Waals surface area contributed by atoms with E-state index in [1.54, 1.807) is 4.90 Å². The highest BCUT2D eigenvalue weighted by Crippen LogP contribution is 2.30. The first-order valence-electron chi connectivity index (χ1n) is 10.2. The lowest BCUT2D eigenvalue weighted by atomic mass is 10.1. The van der Waals surface area contributed by atoms with Crippen LogP contribution in [0.3, 0.4) is 0 Å². The largest absolute Gasteiger partial charge is 0.360 e. The Balaban J connectivity index is 1.34. The van der Waals surface area contributed by atoms with Crippen LogP contribution in [0.25, 0.3) is 0 Å². The number of anilines is 1. The fraction of sp³-hybridized carbons (Fsp3) is 0.500. The first kappa shape index (κ1) is 19.6. The third-order valence-corrected chi connectivity index (χ3v) is 6.08.